The molecule has 2 amide bonds. The molecule has 2 N–H and O–H groups in total. The molecule has 138 valence electrons. The van der Waals surface area contributed by atoms with Crippen molar-refractivity contribution in [1.29, 1.82) is 0 Å². The summed E-state index contributed by atoms with van der Waals surface area (Å²) in [6.45, 7) is 2.71. The first-order valence-electron chi connectivity index (χ1n) is 9.18. The van der Waals surface area contributed by atoms with Crippen LogP contribution in [0, 0.1) is 6.92 Å². The lowest BCUT2D eigenvalue weighted by Gasteiger charge is -2.34. The molecule has 0 saturated carbocycles. The number of hydrogen-bond acceptors (Lipinski definition) is 4. The zero-order chi connectivity index (χ0) is 18.6. The summed E-state index contributed by atoms with van der Waals surface area (Å²) in [5.74, 6) is 1.35. The molecule has 3 aromatic rings. The second-order valence-electron chi connectivity index (χ2n) is 6.78. The van der Waals surface area contributed by atoms with Crippen molar-refractivity contribution in [3.8, 4) is 11.4 Å². The first-order valence-corrected chi connectivity index (χ1v) is 9.18. The summed E-state index contributed by atoms with van der Waals surface area (Å²) in [7, 11) is 0. The number of aryl methyl sites for hydroxylation is 1. The molecule has 0 spiro atoms. The van der Waals surface area contributed by atoms with E-state index in [1.165, 1.54) is 0 Å². The fourth-order valence-electron chi connectivity index (χ4n) is 3.43. The van der Waals surface area contributed by atoms with Crippen molar-refractivity contribution in [3.05, 3.63) is 60.2 Å². The van der Waals surface area contributed by atoms with Crippen molar-refractivity contribution in [2.24, 2.45) is 0 Å². The third kappa shape index (κ3) is 3.81. The van der Waals surface area contributed by atoms with Crippen molar-refractivity contribution in [2.75, 3.05) is 11.9 Å². The molecular formula is C20H22N6O. The molecule has 2 aromatic heterocycles. The van der Waals surface area contributed by atoms with Crippen LogP contribution in [0.25, 0.3) is 11.4 Å². The Bertz CT molecular complexity index is 923. The zero-order valence-electron chi connectivity index (χ0n) is 15.2. The minimum Gasteiger partial charge on any atom is -0.314 e. The molecule has 1 saturated heterocycles. The minimum absolute atomic E-state index is 0.104. The predicted octanol–water partition coefficient (Wildman–Crippen LogP) is 3.93. The number of aromatic amines is 1. The minimum atomic E-state index is -0.105. The normalized spacial score (nSPS) is 16.9. The second kappa shape index (κ2) is 7.57. The summed E-state index contributed by atoms with van der Waals surface area (Å²) in [6, 6.07) is 11.3. The number of H-pyrrole nitrogens is 1. The van der Waals surface area contributed by atoms with E-state index in [2.05, 4.69) is 25.5 Å². The van der Waals surface area contributed by atoms with Gasteiger partial charge in [-0.05, 0) is 56.0 Å². The van der Waals surface area contributed by atoms with Gasteiger partial charge in [-0.25, -0.2) is 9.78 Å². The molecule has 1 aliphatic rings. The van der Waals surface area contributed by atoms with Crippen molar-refractivity contribution in [2.45, 2.75) is 32.2 Å². The van der Waals surface area contributed by atoms with E-state index in [-0.39, 0.29) is 12.1 Å². The van der Waals surface area contributed by atoms with Crippen LogP contribution in [0.2, 0.25) is 0 Å². The highest BCUT2D eigenvalue weighted by Gasteiger charge is 2.30. The first-order chi connectivity index (χ1) is 13.2. The van der Waals surface area contributed by atoms with Crippen LogP contribution in [0.5, 0.6) is 0 Å². The molecule has 1 aliphatic heterocycles. The Morgan fingerprint density at radius 3 is 2.89 bits per heavy atom. The van der Waals surface area contributed by atoms with E-state index >= 15 is 0 Å². The number of pyridine rings is 1. The standard InChI is InChI=1S/C20H22N6O/c1-14-5-4-6-16(13-14)22-20(27)26-12-3-2-7-17(26)19-23-18(24-25-19)15-8-10-21-11-9-15/h4-6,8-11,13,17H,2-3,7,12H2,1H3,(H,22,27)(H,23,24,25). The van der Waals surface area contributed by atoms with Gasteiger partial charge in [-0.1, -0.05) is 12.1 Å². The number of nitrogens with one attached hydrogen (secondary N) is 2. The summed E-state index contributed by atoms with van der Waals surface area (Å²) in [4.78, 5) is 23.4. The van der Waals surface area contributed by atoms with Gasteiger partial charge in [-0.3, -0.25) is 10.1 Å². The van der Waals surface area contributed by atoms with E-state index in [0.29, 0.717) is 12.4 Å². The van der Waals surface area contributed by atoms with E-state index in [0.717, 1.165) is 41.9 Å². The number of urea groups is 1. The Morgan fingerprint density at radius 1 is 1.22 bits per heavy atom. The first kappa shape index (κ1) is 17.2. The molecule has 1 atom stereocenters. The maximum Gasteiger partial charge on any atom is 0.322 e. The van der Waals surface area contributed by atoms with Crippen molar-refractivity contribution in [1.82, 2.24) is 25.1 Å². The lowest BCUT2D eigenvalue weighted by molar-refractivity contribution is 0.159. The van der Waals surface area contributed by atoms with E-state index in [1.54, 1.807) is 12.4 Å². The van der Waals surface area contributed by atoms with Crippen LogP contribution in [-0.4, -0.2) is 37.6 Å². The van der Waals surface area contributed by atoms with Crippen molar-refractivity contribution >= 4 is 11.7 Å². The number of anilines is 1. The van der Waals surface area contributed by atoms with Crippen LogP contribution in [-0.2, 0) is 0 Å². The van der Waals surface area contributed by atoms with Gasteiger partial charge >= 0.3 is 6.03 Å². The predicted molar refractivity (Wildman–Crippen MR) is 103 cm³/mol. The van der Waals surface area contributed by atoms with Gasteiger partial charge in [0.05, 0.1) is 6.04 Å². The highest BCUT2D eigenvalue weighted by molar-refractivity contribution is 5.89. The number of likely N-dealkylation sites (tertiary alicyclic amines) is 1. The largest absolute Gasteiger partial charge is 0.322 e. The number of nitrogens with zero attached hydrogens (tertiary/aromatic N) is 4. The average molecular weight is 362 g/mol. The molecule has 1 unspecified atom stereocenters. The summed E-state index contributed by atoms with van der Waals surface area (Å²) in [6.07, 6.45) is 6.35. The maximum absolute atomic E-state index is 12.9. The van der Waals surface area contributed by atoms with E-state index in [1.807, 2.05) is 48.2 Å². The smallest absolute Gasteiger partial charge is 0.314 e. The second-order valence-corrected chi connectivity index (χ2v) is 6.78. The summed E-state index contributed by atoms with van der Waals surface area (Å²) in [5.41, 5.74) is 2.82. The van der Waals surface area contributed by atoms with Gasteiger partial charge in [0.1, 0.15) is 5.82 Å². The van der Waals surface area contributed by atoms with Gasteiger partial charge in [-0.2, -0.15) is 5.10 Å². The van der Waals surface area contributed by atoms with E-state index in [9.17, 15) is 4.79 Å². The fourth-order valence-corrected chi connectivity index (χ4v) is 3.43. The number of amides is 2. The van der Waals surface area contributed by atoms with Crippen molar-refractivity contribution in [3.63, 3.8) is 0 Å². The molecule has 7 heteroatoms. The monoisotopic (exact) mass is 362 g/mol. The fraction of sp³-hybridized carbons (Fsp3) is 0.300. The SMILES string of the molecule is Cc1cccc(NC(=O)N2CCCCC2c2nc(-c3ccncc3)n[nH]2)c1. The summed E-state index contributed by atoms with van der Waals surface area (Å²) >= 11 is 0. The quantitative estimate of drug-likeness (QED) is 0.739. The Labute approximate surface area is 157 Å². The zero-order valence-corrected chi connectivity index (χ0v) is 15.2. The molecular weight excluding hydrogens is 340 g/mol. The Hall–Kier alpha value is -3.22. The lowest BCUT2D eigenvalue weighted by atomic mass is 10.0. The van der Waals surface area contributed by atoms with Gasteiger partial charge in [-0.15, -0.1) is 0 Å². The molecule has 1 aromatic carbocycles. The highest BCUT2D eigenvalue weighted by Crippen LogP contribution is 2.30. The summed E-state index contributed by atoms with van der Waals surface area (Å²) < 4.78 is 0. The molecule has 0 radical (unpaired) electrons. The van der Waals surface area contributed by atoms with Crippen LogP contribution in [0.4, 0.5) is 10.5 Å². The molecule has 0 bridgehead atoms. The molecule has 0 aliphatic carbocycles. The van der Waals surface area contributed by atoms with Crippen LogP contribution in [0.1, 0.15) is 36.7 Å². The number of rotatable bonds is 3. The number of carbonyl (C=O) groups excluding carboxylic acids is 1. The van der Waals surface area contributed by atoms with Crippen LogP contribution >= 0.6 is 0 Å². The maximum atomic E-state index is 12.9. The van der Waals surface area contributed by atoms with Crippen LogP contribution < -0.4 is 5.32 Å². The number of hydrogen-bond donors (Lipinski definition) is 2. The van der Waals surface area contributed by atoms with E-state index in [4.69, 9.17) is 0 Å². The number of aromatic nitrogens is 4. The van der Waals surface area contributed by atoms with Crippen LogP contribution in [0.15, 0.2) is 48.8 Å². The third-order valence-electron chi connectivity index (χ3n) is 4.79. The Kier molecular flexibility index (Phi) is 4.82. The van der Waals surface area contributed by atoms with Gasteiger partial charge < -0.3 is 10.2 Å². The number of carbonyl (C=O) groups is 1. The van der Waals surface area contributed by atoms with Crippen molar-refractivity contribution < 1.29 is 4.79 Å². The van der Waals surface area contributed by atoms with Gasteiger partial charge in [0.2, 0.25) is 0 Å². The Balaban J connectivity index is 1.54. The molecule has 3 heterocycles. The number of piperidine rings is 1. The van der Waals surface area contributed by atoms with E-state index < -0.39 is 0 Å². The summed E-state index contributed by atoms with van der Waals surface area (Å²) in [5, 5.41) is 10.4. The van der Waals surface area contributed by atoms with Gasteiger partial charge in [0.25, 0.3) is 0 Å². The lowest BCUT2D eigenvalue weighted by Crippen LogP contribution is -2.41. The van der Waals surface area contributed by atoms with Gasteiger partial charge in [0, 0.05) is 30.2 Å². The Morgan fingerprint density at radius 2 is 2.07 bits per heavy atom. The number of benzene rings is 1. The average Bonchev–Trinajstić information content (AvgIpc) is 3.19. The molecule has 4 rings (SSSR count). The van der Waals surface area contributed by atoms with Gasteiger partial charge in [0.15, 0.2) is 5.82 Å². The highest BCUT2D eigenvalue weighted by atomic mass is 16.2. The third-order valence-corrected chi connectivity index (χ3v) is 4.79. The molecule has 1 fully saturated rings. The molecule has 7 nitrogen and oxygen atoms in total. The van der Waals surface area contributed by atoms with Crippen LogP contribution in [0.3, 0.4) is 0 Å². The molecule has 27 heavy (non-hydrogen) atoms. The topological polar surface area (TPSA) is 86.8 Å².